The van der Waals surface area contributed by atoms with Gasteiger partial charge in [-0.2, -0.15) is 14.9 Å². The van der Waals surface area contributed by atoms with E-state index >= 15 is 4.39 Å². The first kappa shape index (κ1) is 24.2. The van der Waals surface area contributed by atoms with Crippen LogP contribution < -0.4 is 20.9 Å². The Morgan fingerprint density at radius 3 is 2.59 bits per heavy atom. The molecule has 0 unspecified atom stereocenters. The molecule has 0 bridgehead atoms. The average molecular weight is 530 g/mol. The number of pyridine rings is 1. The number of fused-ring (bicyclic) bond motifs is 1. The molecule has 0 aliphatic heterocycles. The van der Waals surface area contributed by atoms with E-state index in [4.69, 9.17) is 4.74 Å². The van der Waals surface area contributed by atoms with Crippen LogP contribution in [-0.4, -0.2) is 36.9 Å². The van der Waals surface area contributed by atoms with E-state index in [1.54, 1.807) is 6.07 Å². The summed E-state index contributed by atoms with van der Waals surface area (Å²) in [6.45, 7) is 0. The average Bonchev–Trinajstić information content (AvgIpc) is 3.32. The number of rotatable bonds is 7. The smallest absolute Gasteiger partial charge is 0.284 e. The summed E-state index contributed by atoms with van der Waals surface area (Å²) < 4.78 is 35.1. The number of amides is 1. The Morgan fingerprint density at radius 2 is 1.85 bits per heavy atom. The molecule has 1 saturated carbocycles. The van der Waals surface area contributed by atoms with Crippen LogP contribution in [0.4, 0.5) is 20.3 Å². The van der Waals surface area contributed by atoms with E-state index in [9.17, 15) is 14.0 Å². The van der Waals surface area contributed by atoms with E-state index in [1.807, 2.05) is 0 Å². The number of hydrogen-bond acceptors (Lipinski definition) is 7. The molecule has 0 spiro atoms. The van der Waals surface area contributed by atoms with Gasteiger partial charge in [-0.15, -0.1) is 0 Å². The number of H-pyrrole nitrogens is 1. The predicted molar refractivity (Wildman–Crippen MR) is 139 cm³/mol. The Hall–Kier alpha value is -5.13. The largest absolute Gasteiger partial charge is 0.453 e. The molecule has 5 aromatic rings. The van der Waals surface area contributed by atoms with Crippen LogP contribution in [0.25, 0.3) is 16.7 Å². The van der Waals surface area contributed by atoms with Crippen molar-refractivity contribution in [3.63, 3.8) is 0 Å². The maximum absolute atomic E-state index is 15.0. The van der Waals surface area contributed by atoms with Crippen molar-refractivity contribution in [2.45, 2.75) is 25.3 Å². The van der Waals surface area contributed by atoms with Gasteiger partial charge in [-0.05, 0) is 61.7 Å². The second-order valence-electron chi connectivity index (χ2n) is 9.02. The number of hydrogen-bond donors (Lipinski definition) is 3. The molecule has 6 rings (SSSR count). The van der Waals surface area contributed by atoms with Gasteiger partial charge in [0.2, 0.25) is 0 Å². The topological polar surface area (TPSA) is 127 Å². The van der Waals surface area contributed by atoms with Crippen molar-refractivity contribution in [3.05, 3.63) is 94.5 Å². The molecule has 39 heavy (non-hydrogen) atoms. The van der Waals surface area contributed by atoms with Gasteiger partial charge < -0.3 is 15.4 Å². The van der Waals surface area contributed by atoms with E-state index in [-0.39, 0.29) is 22.7 Å². The highest BCUT2D eigenvalue weighted by Gasteiger charge is 2.22. The minimum Gasteiger partial charge on any atom is -0.453 e. The van der Waals surface area contributed by atoms with E-state index in [0.717, 1.165) is 30.0 Å². The van der Waals surface area contributed by atoms with Crippen LogP contribution >= 0.6 is 0 Å². The molecule has 3 heterocycles. The summed E-state index contributed by atoms with van der Waals surface area (Å²) in [5.41, 5.74) is -0.0273. The van der Waals surface area contributed by atoms with Crippen molar-refractivity contribution < 1.29 is 18.3 Å². The molecule has 1 fully saturated rings. The second-order valence-corrected chi connectivity index (χ2v) is 9.02. The third-order valence-corrected chi connectivity index (χ3v) is 6.44. The zero-order valence-corrected chi connectivity index (χ0v) is 20.3. The summed E-state index contributed by atoms with van der Waals surface area (Å²) in [4.78, 5) is 29.9. The van der Waals surface area contributed by atoms with Gasteiger partial charge >= 0.3 is 0 Å². The molecule has 3 aromatic heterocycles. The zero-order valence-electron chi connectivity index (χ0n) is 20.3. The summed E-state index contributed by atoms with van der Waals surface area (Å²) >= 11 is 0. The van der Waals surface area contributed by atoms with Crippen molar-refractivity contribution in [1.82, 2.24) is 25.0 Å². The summed E-state index contributed by atoms with van der Waals surface area (Å²) in [7, 11) is 0. The first-order chi connectivity index (χ1) is 19.0. The van der Waals surface area contributed by atoms with Gasteiger partial charge in [-0.3, -0.25) is 14.7 Å². The highest BCUT2D eigenvalue weighted by atomic mass is 19.1. The third kappa shape index (κ3) is 4.79. The number of carbonyl (C=O) groups excluding carboxylic acids is 1. The Bertz CT molecular complexity index is 1750. The zero-order chi connectivity index (χ0) is 26.9. The Balaban J connectivity index is 1.22. The fourth-order valence-electron chi connectivity index (χ4n) is 4.19. The maximum atomic E-state index is 15.0. The molecule has 0 radical (unpaired) electrons. The molecule has 1 amide bonds. The van der Waals surface area contributed by atoms with Gasteiger partial charge in [0.15, 0.2) is 23.0 Å². The highest BCUT2D eigenvalue weighted by molar-refractivity contribution is 6.04. The first-order valence-corrected chi connectivity index (χ1v) is 12.2. The number of aromatic amines is 1. The molecule has 1 aliphatic carbocycles. The Labute approximate surface area is 219 Å². The molecule has 12 heteroatoms. The molecule has 0 atom stereocenters. The molecule has 3 N–H and O–H groups in total. The summed E-state index contributed by atoms with van der Waals surface area (Å²) in [5.74, 6) is -1.08. The van der Waals surface area contributed by atoms with E-state index in [0.29, 0.717) is 28.6 Å². The Morgan fingerprint density at radius 1 is 1.03 bits per heavy atom. The SMILES string of the molecule is O=C(Nc1ccc(Oc2ccnc3[nH]nc(NC4CCC4)c23)c(F)c1)c1ccnn(-c2ccc(F)cc2)c1=O. The van der Waals surface area contributed by atoms with Gasteiger partial charge in [-0.1, -0.05) is 0 Å². The summed E-state index contributed by atoms with van der Waals surface area (Å²) in [6.07, 6.45) is 6.05. The fraction of sp³-hybridized carbons (Fsp3) is 0.148. The van der Waals surface area contributed by atoms with Crippen molar-refractivity contribution in [1.29, 1.82) is 0 Å². The number of benzene rings is 2. The van der Waals surface area contributed by atoms with Crippen LogP contribution in [0, 0.1) is 11.6 Å². The van der Waals surface area contributed by atoms with Crippen molar-refractivity contribution in [3.8, 4) is 17.2 Å². The molecular formula is C27H21F2N7O3. The van der Waals surface area contributed by atoms with Crippen LogP contribution in [0.1, 0.15) is 29.6 Å². The monoisotopic (exact) mass is 529 g/mol. The number of nitrogens with zero attached hydrogens (tertiary/aromatic N) is 4. The molecule has 0 saturated heterocycles. The van der Waals surface area contributed by atoms with Gasteiger partial charge in [0.05, 0.1) is 5.69 Å². The second kappa shape index (κ2) is 9.97. The number of ether oxygens (including phenoxy) is 1. The number of carbonyl (C=O) groups is 1. The van der Waals surface area contributed by atoms with E-state index in [2.05, 4.69) is 30.9 Å². The quantitative estimate of drug-likeness (QED) is 0.277. The van der Waals surface area contributed by atoms with Crippen molar-refractivity contribution in [2.24, 2.45) is 0 Å². The first-order valence-electron chi connectivity index (χ1n) is 12.2. The van der Waals surface area contributed by atoms with Gasteiger partial charge in [0, 0.05) is 36.3 Å². The van der Waals surface area contributed by atoms with E-state index in [1.165, 1.54) is 54.9 Å². The van der Waals surface area contributed by atoms with Crippen molar-refractivity contribution in [2.75, 3.05) is 10.6 Å². The van der Waals surface area contributed by atoms with Gasteiger partial charge in [0.25, 0.3) is 11.5 Å². The van der Waals surface area contributed by atoms with Crippen LogP contribution in [0.2, 0.25) is 0 Å². The molecule has 10 nitrogen and oxygen atoms in total. The molecule has 196 valence electrons. The van der Waals surface area contributed by atoms with Crippen molar-refractivity contribution >= 4 is 28.4 Å². The highest BCUT2D eigenvalue weighted by Crippen LogP contribution is 2.35. The lowest BCUT2D eigenvalue weighted by Gasteiger charge is -2.26. The lowest BCUT2D eigenvalue weighted by molar-refractivity contribution is 0.102. The lowest BCUT2D eigenvalue weighted by atomic mass is 9.93. The normalized spacial score (nSPS) is 13.2. The molecular weight excluding hydrogens is 508 g/mol. The number of aromatic nitrogens is 5. The van der Waals surface area contributed by atoms with Crippen LogP contribution in [0.15, 0.2) is 71.8 Å². The van der Waals surface area contributed by atoms with Crippen LogP contribution in [0.3, 0.4) is 0 Å². The number of nitrogens with one attached hydrogen (secondary N) is 3. The number of halogens is 2. The Kier molecular flexibility index (Phi) is 6.19. The van der Waals surface area contributed by atoms with E-state index < -0.39 is 23.1 Å². The van der Waals surface area contributed by atoms with Gasteiger partial charge in [0.1, 0.15) is 22.5 Å². The lowest BCUT2D eigenvalue weighted by Crippen LogP contribution is -2.29. The van der Waals surface area contributed by atoms with Crippen LogP contribution in [-0.2, 0) is 0 Å². The minimum atomic E-state index is -0.757. The number of anilines is 2. The van der Waals surface area contributed by atoms with Crippen LogP contribution in [0.5, 0.6) is 11.5 Å². The molecule has 2 aromatic carbocycles. The summed E-state index contributed by atoms with van der Waals surface area (Å²) in [5, 5.41) is 17.6. The summed E-state index contributed by atoms with van der Waals surface area (Å²) in [6, 6.07) is 12.2. The predicted octanol–water partition coefficient (Wildman–Crippen LogP) is 4.79. The maximum Gasteiger partial charge on any atom is 0.284 e. The van der Waals surface area contributed by atoms with Gasteiger partial charge in [-0.25, -0.2) is 13.8 Å². The third-order valence-electron chi connectivity index (χ3n) is 6.44. The minimum absolute atomic E-state index is 0.0705. The standard InChI is InChI=1S/C27H21F2N7O3/c28-15-4-7-18(8-5-15)36-27(38)19(10-13-31-36)26(37)33-17-6-9-21(20(29)14-17)39-22-11-12-30-24-23(22)25(35-34-24)32-16-2-1-3-16/h4-14,16H,1-3H2,(H,33,37)(H2,30,32,34,35). The fourth-order valence-corrected chi connectivity index (χ4v) is 4.19. The molecule has 1 aliphatic rings.